The molecule has 0 fully saturated rings. The zero-order valence-electron chi connectivity index (χ0n) is 18.1. The van der Waals surface area contributed by atoms with Crippen molar-refractivity contribution < 1.29 is 26.4 Å². The van der Waals surface area contributed by atoms with Crippen LogP contribution in [0.3, 0.4) is 0 Å². The van der Waals surface area contributed by atoms with Gasteiger partial charge in [-0.25, -0.2) is 13.4 Å². The van der Waals surface area contributed by atoms with Crippen LogP contribution < -0.4 is 9.62 Å². The molecule has 0 atom stereocenters. The van der Waals surface area contributed by atoms with E-state index in [1.54, 1.807) is 31.3 Å². The second kappa shape index (κ2) is 10.9. The Morgan fingerprint density at radius 2 is 1.79 bits per heavy atom. The molecule has 34 heavy (non-hydrogen) atoms. The zero-order valence-corrected chi connectivity index (χ0v) is 19.8. The summed E-state index contributed by atoms with van der Waals surface area (Å²) in [6.07, 6.45) is -3.02. The lowest BCUT2D eigenvalue weighted by Crippen LogP contribution is -2.41. The molecule has 1 N–H and O–H groups in total. The SMILES string of the molecule is Cc1ccc(S(=O)(=O)N(CC(=O)NCCSc2ccccn2)c2cccc(C(F)(F)F)c2)cc1. The van der Waals surface area contributed by atoms with E-state index in [1.807, 2.05) is 12.1 Å². The van der Waals surface area contributed by atoms with Gasteiger partial charge >= 0.3 is 6.18 Å². The van der Waals surface area contributed by atoms with Crippen LogP contribution in [0.15, 0.2) is 82.8 Å². The Kier molecular flexibility index (Phi) is 8.21. The Morgan fingerprint density at radius 3 is 2.44 bits per heavy atom. The van der Waals surface area contributed by atoms with Crippen LogP contribution in [0.25, 0.3) is 0 Å². The lowest BCUT2D eigenvalue weighted by molar-refractivity contribution is -0.137. The fourth-order valence-corrected chi connectivity index (χ4v) is 5.09. The molecule has 0 radical (unpaired) electrons. The van der Waals surface area contributed by atoms with Crippen LogP contribution in [0.1, 0.15) is 11.1 Å². The maximum Gasteiger partial charge on any atom is 0.416 e. The van der Waals surface area contributed by atoms with Gasteiger partial charge < -0.3 is 5.32 Å². The first-order valence-electron chi connectivity index (χ1n) is 10.1. The number of anilines is 1. The van der Waals surface area contributed by atoms with E-state index in [9.17, 15) is 26.4 Å². The quantitative estimate of drug-likeness (QED) is 0.339. The monoisotopic (exact) mass is 509 g/mol. The number of carbonyl (C=O) groups excluding carboxylic acids is 1. The number of sulfonamides is 1. The van der Waals surface area contributed by atoms with Gasteiger partial charge in [-0.05, 0) is 49.4 Å². The van der Waals surface area contributed by atoms with E-state index in [2.05, 4.69) is 10.3 Å². The van der Waals surface area contributed by atoms with Gasteiger partial charge in [0.25, 0.3) is 10.0 Å². The Balaban J connectivity index is 1.80. The minimum Gasteiger partial charge on any atom is -0.354 e. The van der Waals surface area contributed by atoms with Crippen LogP contribution in [0.4, 0.5) is 18.9 Å². The number of aryl methyl sites for hydroxylation is 1. The maximum absolute atomic E-state index is 13.3. The van der Waals surface area contributed by atoms with Crippen LogP contribution in [0.5, 0.6) is 0 Å². The van der Waals surface area contributed by atoms with Crippen LogP contribution in [0.2, 0.25) is 0 Å². The van der Waals surface area contributed by atoms with Gasteiger partial charge in [0.2, 0.25) is 5.91 Å². The number of halogens is 3. The summed E-state index contributed by atoms with van der Waals surface area (Å²) in [4.78, 5) is 16.6. The number of hydrogen-bond donors (Lipinski definition) is 1. The Bertz CT molecular complexity index is 1220. The van der Waals surface area contributed by atoms with Gasteiger partial charge in [0, 0.05) is 18.5 Å². The molecule has 0 unspecified atom stereocenters. The molecule has 0 spiro atoms. The average molecular weight is 510 g/mol. The highest BCUT2D eigenvalue weighted by Crippen LogP contribution is 2.33. The molecule has 11 heteroatoms. The molecule has 0 aliphatic rings. The third-order valence-corrected chi connectivity index (χ3v) is 7.40. The standard InChI is InChI=1S/C23H22F3N3O3S2/c1-17-8-10-20(11-9-17)34(31,32)29(19-6-4-5-18(15-19)23(24,25)26)16-21(30)27-13-14-33-22-7-2-3-12-28-22/h2-12,15H,13-14,16H2,1H3,(H,27,30). The number of pyridine rings is 1. The first-order chi connectivity index (χ1) is 16.1. The van der Waals surface area contributed by atoms with Gasteiger partial charge in [0.15, 0.2) is 0 Å². The smallest absolute Gasteiger partial charge is 0.354 e. The lowest BCUT2D eigenvalue weighted by Gasteiger charge is -2.25. The van der Waals surface area contributed by atoms with Gasteiger partial charge in [-0.3, -0.25) is 9.10 Å². The second-order valence-corrected chi connectivity index (χ2v) is 10.2. The van der Waals surface area contributed by atoms with Crippen molar-refractivity contribution in [3.8, 4) is 0 Å². The Hall–Kier alpha value is -3.05. The molecule has 0 aliphatic carbocycles. The van der Waals surface area contributed by atoms with Crippen molar-refractivity contribution in [3.63, 3.8) is 0 Å². The molecule has 0 bridgehead atoms. The summed E-state index contributed by atoms with van der Waals surface area (Å²) in [5, 5.41) is 3.38. The fourth-order valence-electron chi connectivity index (χ4n) is 2.95. The number of rotatable bonds is 9. The summed E-state index contributed by atoms with van der Waals surface area (Å²) in [6, 6.07) is 15.2. The molecule has 1 aromatic heterocycles. The molecule has 2 aromatic carbocycles. The molecule has 0 saturated carbocycles. The lowest BCUT2D eigenvalue weighted by atomic mass is 10.2. The number of hydrogen-bond acceptors (Lipinski definition) is 5. The number of carbonyl (C=O) groups is 1. The predicted octanol–water partition coefficient (Wildman–Crippen LogP) is 4.51. The molecular weight excluding hydrogens is 487 g/mol. The second-order valence-electron chi connectivity index (χ2n) is 7.24. The van der Waals surface area contributed by atoms with Gasteiger partial charge in [0.1, 0.15) is 6.54 Å². The van der Waals surface area contributed by atoms with Crippen LogP contribution in [-0.2, 0) is 21.0 Å². The fraction of sp³-hybridized carbons (Fsp3) is 0.217. The molecule has 1 heterocycles. The Morgan fingerprint density at radius 1 is 1.06 bits per heavy atom. The maximum atomic E-state index is 13.3. The van der Waals surface area contributed by atoms with Gasteiger partial charge in [-0.1, -0.05) is 29.8 Å². The summed E-state index contributed by atoms with van der Waals surface area (Å²) in [7, 11) is -4.31. The van der Waals surface area contributed by atoms with Crippen molar-refractivity contribution in [3.05, 3.63) is 84.1 Å². The van der Waals surface area contributed by atoms with Gasteiger partial charge in [-0.15, -0.1) is 11.8 Å². The number of nitrogens with one attached hydrogen (secondary N) is 1. The predicted molar refractivity (Wildman–Crippen MR) is 125 cm³/mol. The van der Waals surface area contributed by atoms with E-state index in [0.29, 0.717) is 10.1 Å². The molecule has 1 amide bonds. The molecule has 0 saturated heterocycles. The summed E-state index contributed by atoms with van der Waals surface area (Å²) < 4.78 is 67.1. The minimum absolute atomic E-state index is 0.131. The summed E-state index contributed by atoms with van der Waals surface area (Å²) >= 11 is 1.40. The van der Waals surface area contributed by atoms with Crippen molar-refractivity contribution in [1.82, 2.24) is 10.3 Å². The van der Waals surface area contributed by atoms with E-state index < -0.39 is 34.2 Å². The number of thioether (sulfide) groups is 1. The molecule has 3 aromatic rings. The largest absolute Gasteiger partial charge is 0.416 e. The number of benzene rings is 2. The van der Waals surface area contributed by atoms with E-state index in [4.69, 9.17) is 0 Å². The zero-order chi connectivity index (χ0) is 24.8. The third kappa shape index (κ3) is 6.73. The normalized spacial score (nSPS) is 11.8. The number of aromatic nitrogens is 1. The van der Waals surface area contributed by atoms with Crippen molar-refractivity contribution in [2.24, 2.45) is 0 Å². The van der Waals surface area contributed by atoms with Crippen molar-refractivity contribution in [2.75, 3.05) is 23.1 Å². The highest BCUT2D eigenvalue weighted by atomic mass is 32.2. The molecule has 3 rings (SSSR count). The van der Waals surface area contributed by atoms with E-state index in [1.165, 1.54) is 30.0 Å². The van der Waals surface area contributed by atoms with E-state index in [-0.39, 0.29) is 17.1 Å². The molecule has 6 nitrogen and oxygen atoms in total. The van der Waals surface area contributed by atoms with Crippen molar-refractivity contribution >= 4 is 33.4 Å². The van der Waals surface area contributed by atoms with E-state index in [0.717, 1.165) is 28.8 Å². The first kappa shape index (κ1) is 25.6. The average Bonchev–Trinajstić information content (AvgIpc) is 2.81. The summed E-state index contributed by atoms with van der Waals surface area (Å²) in [6.45, 7) is 1.32. The minimum atomic E-state index is -4.67. The number of amides is 1. The molecule has 0 aliphatic heterocycles. The van der Waals surface area contributed by atoms with Gasteiger partial charge in [0.05, 0.1) is 21.2 Å². The number of nitrogens with zero attached hydrogens (tertiary/aromatic N) is 2. The Labute approximate surface area is 200 Å². The van der Waals surface area contributed by atoms with Crippen LogP contribution in [-0.4, -0.2) is 38.2 Å². The third-order valence-electron chi connectivity index (χ3n) is 4.67. The van der Waals surface area contributed by atoms with Crippen molar-refractivity contribution in [2.45, 2.75) is 23.0 Å². The first-order valence-corrected chi connectivity index (χ1v) is 12.6. The van der Waals surface area contributed by atoms with Crippen LogP contribution >= 0.6 is 11.8 Å². The molecule has 180 valence electrons. The van der Waals surface area contributed by atoms with Gasteiger partial charge in [-0.2, -0.15) is 13.2 Å². The van der Waals surface area contributed by atoms with Crippen LogP contribution in [0, 0.1) is 6.92 Å². The number of alkyl halides is 3. The topological polar surface area (TPSA) is 79.4 Å². The summed E-state index contributed by atoms with van der Waals surface area (Å²) in [5.74, 6) is -0.161. The molecular formula is C23H22F3N3O3S2. The highest BCUT2D eigenvalue weighted by molar-refractivity contribution is 7.99. The highest BCUT2D eigenvalue weighted by Gasteiger charge is 2.33. The summed E-state index contributed by atoms with van der Waals surface area (Å²) in [5.41, 5.74) is -0.456. The van der Waals surface area contributed by atoms with Crippen molar-refractivity contribution in [1.29, 1.82) is 0 Å². The van der Waals surface area contributed by atoms with E-state index >= 15 is 0 Å².